The summed E-state index contributed by atoms with van der Waals surface area (Å²) in [7, 11) is 5.61. The number of nitrogens with one attached hydrogen (secondary N) is 3. The van der Waals surface area contributed by atoms with Crippen molar-refractivity contribution < 1.29 is 34.1 Å². The zero-order valence-corrected chi connectivity index (χ0v) is 36.0. The van der Waals surface area contributed by atoms with Gasteiger partial charge in [-0.1, -0.05) is 81.4 Å². The molecule has 2 aliphatic heterocycles. The van der Waals surface area contributed by atoms with Gasteiger partial charge >= 0.3 is 0 Å². The van der Waals surface area contributed by atoms with Crippen LogP contribution in [0.2, 0.25) is 0 Å². The van der Waals surface area contributed by atoms with E-state index in [0.29, 0.717) is 42.0 Å². The van der Waals surface area contributed by atoms with E-state index in [1.54, 1.807) is 19.1 Å². The lowest BCUT2D eigenvalue weighted by molar-refractivity contribution is -0.183. The lowest BCUT2D eigenvalue weighted by Crippen LogP contribution is -2.62. The molecule has 3 saturated carbocycles. The predicted octanol–water partition coefficient (Wildman–Crippen LogP) is 4.53. The Kier molecular flexibility index (Phi) is 15.2. The van der Waals surface area contributed by atoms with Crippen molar-refractivity contribution >= 4 is 11.8 Å². The molecule has 8 rings (SSSR count). The van der Waals surface area contributed by atoms with Gasteiger partial charge in [-0.15, -0.1) is 0 Å². The lowest BCUT2D eigenvalue weighted by atomic mass is 9.45. The molecule has 3 aromatic rings. The van der Waals surface area contributed by atoms with Gasteiger partial charge in [-0.2, -0.15) is 5.06 Å². The minimum atomic E-state index is -0.892. The van der Waals surface area contributed by atoms with E-state index in [0.717, 1.165) is 55.0 Å². The Hall–Kier alpha value is -3.88. The molecule has 0 unspecified atom stereocenters. The summed E-state index contributed by atoms with van der Waals surface area (Å²) in [6.07, 6.45) is 1.21. The van der Waals surface area contributed by atoms with Crippen LogP contribution in [0.5, 0.6) is 5.75 Å². The number of hydrogen-bond donors (Lipinski definition) is 5. The number of aliphatic hydroxyl groups is 2. The molecule has 59 heavy (non-hydrogen) atoms. The molecule has 12 nitrogen and oxygen atoms in total. The molecule has 2 heterocycles. The minimum absolute atomic E-state index is 0.0443. The number of benzene rings is 3. The van der Waals surface area contributed by atoms with Crippen LogP contribution in [0, 0.1) is 29.1 Å². The van der Waals surface area contributed by atoms with Gasteiger partial charge in [-0.25, -0.2) is 0 Å². The quantitative estimate of drug-likeness (QED) is 0.158. The topological polar surface area (TPSA) is 145 Å². The van der Waals surface area contributed by atoms with Crippen molar-refractivity contribution in [2.45, 2.75) is 83.8 Å². The van der Waals surface area contributed by atoms with Gasteiger partial charge in [0.15, 0.2) is 0 Å². The Morgan fingerprint density at radius 3 is 2.36 bits per heavy atom. The summed E-state index contributed by atoms with van der Waals surface area (Å²) in [4.78, 5) is 36.2. The molecule has 2 bridgehead atoms. The number of morpholine rings is 1. The van der Waals surface area contributed by atoms with E-state index < -0.39 is 24.2 Å². The molecule has 2 amide bonds. The number of carbonyl (C=O) groups excluding carboxylic acids is 2. The van der Waals surface area contributed by atoms with Crippen LogP contribution in [0.3, 0.4) is 0 Å². The monoisotopic (exact) mass is 814 g/mol. The highest BCUT2D eigenvalue weighted by atomic mass is 16.7. The third-order valence-corrected chi connectivity index (χ3v) is 13.2. The number of ether oxygens (including phenoxy) is 2. The summed E-state index contributed by atoms with van der Waals surface area (Å²) < 4.78 is 11.0. The number of nitrogens with zero attached hydrogens (tertiary/aromatic N) is 2. The zero-order chi connectivity index (χ0) is 42.3. The fourth-order valence-electron chi connectivity index (χ4n) is 9.94. The molecular formula is C47H67N5O7. The van der Waals surface area contributed by atoms with Crippen LogP contribution in [0.15, 0.2) is 72.8 Å². The normalized spacial score (nSPS) is 27.1. The lowest BCUT2D eigenvalue weighted by Gasteiger charge is -2.62. The van der Waals surface area contributed by atoms with E-state index in [-0.39, 0.29) is 42.5 Å². The van der Waals surface area contributed by atoms with Crippen molar-refractivity contribution in [1.82, 2.24) is 25.9 Å². The fraction of sp³-hybridized carbons (Fsp3) is 0.574. The first-order chi connectivity index (χ1) is 28.3. The van der Waals surface area contributed by atoms with Crippen molar-refractivity contribution in [1.29, 1.82) is 0 Å². The molecule has 0 radical (unpaired) electrons. The van der Waals surface area contributed by atoms with E-state index in [1.165, 1.54) is 6.42 Å². The molecule has 0 spiro atoms. The molecule has 3 aromatic carbocycles. The van der Waals surface area contributed by atoms with E-state index in [9.17, 15) is 19.8 Å². The summed E-state index contributed by atoms with van der Waals surface area (Å²) in [6.45, 7) is 12.9. The summed E-state index contributed by atoms with van der Waals surface area (Å²) in [5, 5.41) is 32.6. The average Bonchev–Trinajstić information content (AvgIpc) is 3.61. The Balaban J connectivity index is 0.000000894. The number of hydroxylamine groups is 2. The highest BCUT2D eigenvalue weighted by Crippen LogP contribution is 2.61. The van der Waals surface area contributed by atoms with Gasteiger partial charge in [0.2, 0.25) is 5.91 Å². The highest BCUT2D eigenvalue weighted by molar-refractivity contribution is 5.96. The standard InChI is InChI=1S/C43H58N4O6.C4H9NO/c1-26-35-21-32(43(35,3)4)22-36(26)45-42(51)39-38(27(2)49)37(25-48)53-47(39)23-31-17-12-18-34(40(31)52-7)29-15-11-16-30(20-29)41(50)44-33(24-46(5)6)19-28-13-9-8-10-14-28;1-3-6-4-2-5-1/h8-18,20,26-27,32-33,35-39,48-49H,19,21-25H2,1-7H3,(H,44,50)(H,45,51);5H,1-4H2/t26-,27-,32+,33-,35-,36-,37-,38+,39-;/m0./s1. The number of methoxy groups -OCH3 is 1. The van der Waals surface area contributed by atoms with Gasteiger partial charge in [0, 0.05) is 54.3 Å². The number of likely N-dealkylation sites (N-methyl/N-ethyl adjacent to an activating group) is 1. The second-order valence-electron chi connectivity index (χ2n) is 17.8. The van der Waals surface area contributed by atoms with Crippen LogP contribution in [0.1, 0.15) is 62.0 Å². The third kappa shape index (κ3) is 10.5. The van der Waals surface area contributed by atoms with E-state index in [2.05, 4.69) is 53.8 Å². The Bertz CT molecular complexity index is 1820. The Morgan fingerprint density at radius 1 is 1.03 bits per heavy atom. The smallest absolute Gasteiger partial charge is 0.251 e. The fourth-order valence-corrected chi connectivity index (χ4v) is 9.94. The molecule has 2 saturated heterocycles. The van der Waals surface area contributed by atoms with Crippen LogP contribution < -0.4 is 20.7 Å². The molecule has 5 fully saturated rings. The Labute approximate surface area is 350 Å². The van der Waals surface area contributed by atoms with Crippen LogP contribution >= 0.6 is 0 Å². The summed E-state index contributed by atoms with van der Waals surface area (Å²) >= 11 is 0. The van der Waals surface area contributed by atoms with E-state index in [1.807, 2.05) is 74.8 Å². The second-order valence-corrected chi connectivity index (χ2v) is 17.8. The Morgan fingerprint density at radius 2 is 1.76 bits per heavy atom. The van der Waals surface area contributed by atoms with Gasteiger partial charge < -0.3 is 40.5 Å². The predicted molar refractivity (Wildman–Crippen MR) is 230 cm³/mol. The van der Waals surface area contributed by atoms with Crippen LogP contribution in [-0.4, -0.2) is 123 Å². The molecule has 0 aromatic heterocycles. The summed E-state index contributed by atoms with van der Waals surface area (Å²) in [5.74, 6) is 1.08. The number of aliphatic hydroxyl groups excluding tert-OH is 2. The zero-order valence-electron chi connectivity index (χ0n) is 36.0. The highest BCUT2D eigenvalue weighted by Gasteiger charge is 2.57. The first-order valence-electron chi connectivity index (χ1n) is 21.4. The van der Waals surface area contributed by atoms with Crippen LogP contribution in [-0.2, 0) is 27.3 Å². The van der Waals surface area contributed by atoms with E-state index in [4.69, 9.17) is 14.3 Å². The van der Waals surface area contributed by atoms with Gasteiger partial charge in [-0.3, -0.25) is 14.4 Å². The SMILES string of the molecule is C1COCCN1.COc1c(CN2O[C@@H](CO)[C@@H]([C@H](C)O)[C@H]2C(=O)N[C@H]2C[C@H]3C[C@@H]([C@@H]2C)C3(C)C)cccc1-c1cccc(C(=O)N[C@@H](Cc2ccccc2)CN(C)C)c1. The first kappa shape index (κ1) is 44.7. The molecule has 5 aliphatic rings. The maximum absolute atomic E-state index is 14.2. The molecule has 9 atom stereocenters. The van der Waals surface area contributed by atoms with E-state index >= 15 is 0 Å². The number of hydrogen-bond acceptors (Lipinski definition) is 10. The summed E-state index contributed by atoms with van der Waals surface area (Å²) in [5.41, 5.74) is 4.35. The molecule has 322 valence electrons. The average molecular weight is 814 g/mol. The number of fused-ring (bicyclic) bond motifs is 2. The van der Waals surface area contributed by atoms with Crippen LogP contribution in [0.4, 0.5) is 0 Å². The molecule has 5 N–H and O–H groups in total. The number of carbonyl (C=O) groups is 2. The molecule has 12 heteroatoms. The van der Waals surface area contributed by atoms with Gasteiger partial charge in [0.25, 0.3) is 5.91 Å². The molecule has 3 aliphatic carbocycles. The van der Waals surface area contributed by atoms with Crippen molar-refractivity contribution in [3.05, 3.63) is 89.5 Å². The van der Waals surface area contributed by atoms with Gasteiger partial charge in [-0.05, 0) is 86.7 Å². The third-order valence-electron chi connectivity index (χ3n) is 13.2. The van der Waals surface area contributed by atoms with Crippen molar-refractivity contribution in [3.63, 3.8) is 0 Å². The molecular weight excluding hydrogens is 747 g/mol. The van der Waals surface area contributed by atoms with Crippen molar-refractivity contribution in [2.75, 3.05) is 60.7 Å². The summed E-state index contributed by atoms with van der Waals surface area (Å²) in [6, 6.07) is 22.6. The van der Waals surface area contributed by atoms with Crippen molar-refractivity contribution in [3.8, 4) is 16.9 Å². The number of amides is 2. The largest absolute Gasteiger partial charge is 0.496 e. The van der Waals surface area contributed by atoms with Gasteiger partial charge in [0.05, 0.1) is 39.6 Å². The van der Waals surface area contributed by atoms with Crippen molar-refractivity contribution in [2.24, 2.45) is 29.1 Å². The second kappa shape index (κ2) is 20.1. The van der Waals surface area contributed by atoms with Gasteiger partial charge in [0.1, 0.15) is 17.9 Å². The minimum Gasteiger partial charge on any atom is -0.496 e. The number of rotatable bonds is 14. The van der Waals surface area contributed by atoms with Crippen LogP contribution in [0.25, 0.3) is 11.1 Å². The first-order valence-corrected chi connectivity index (χ1v) is 21.4. The maximum atomic E-state index is 14.2. The number of para-hydroxylation sites is 1. The maximum Gasteiger partial charge on any atom is 0.251 e.